The highest BCUT2D eigenvalue weighted by atomic mass is 16.4. The van der Waals surface area contributed by atoms with E-state index in [1.54, 1.807) is 6.92 Å². The lowest BCUT2D eigenvalue weighted by molar-refractivity contribution is -0.123. The molecule has 1 aliphatic rings. The topological polar surface area (TPSA) is 91.3 Å². The zero-order valence-electron chi connectivity index (χ0n) is 10.1. The lowest BCUT2D eigenvalue weighted by Crippen LogP contribution is -2.44. The zero-order chi connectivity index (χ0) is 13.1. The van der Waals surface area contributed by atoms with Crippen LogP contribution in [-0.4, -0.2) is 34.6 Å². The largest absolute Gasteiger partial charge is 0.478 e. The molecular formula is C12H15N3O3. The summed E-state index contributed by atoms with van der Waals surface area (Å²) in [7, 11) is 0. The number of hydrogen-bond acceptors (Lipinski definition) is 4. The van der Waals surface area contributed by atoms with Gasteiger partial charge in [-0.05, 0) is 31.9 Å². The number of nitrogens with one attached hydrogen (secondary N) is 2. The van der Waals surface area contributed by atoms with Crippen LogP contribution in [-0.2, 0) is 4.79 Å². The molecule has 0 aliphatic carbocycles. The van der Waals surface area contributed by atoms with Crippen LogP contribution in [0.25, 0.3) is 0 Å². The van der Waals surface area contributed by atoms with Crippen molar-refractivity contribution in [3.8, 4) is 0 Å². The van der Waals surface area contributed by atoms with Crippen LogP contribution in [0.3, 0.4) is 0 Å². The molecule has 0 spiro atoms. The summed E-state index contributed by atoms with van der Waals surface area (Å²) in [6.45, 7) is 2.41. The van der Waals surface area contributed by atoms with E-state index >= 15 is 0 Å². The molecule has 2 rings (SSSR count). The van der Waals surface area contributed by atoms with Crippen LogP contribution in [0.5, 0.6) is 0 Å². The molecule has 1 atom stereocenters. The van der Waals surface area contributed by atoms with E-state index in [0.717, 1.165) is 12.8 Å². The molecule has 1 aromatic rings. The Morgan fingerprint density at radius 1 is 1.56 bits per heavy atom. The van der Waals surface area contributed by atoms with Gasteiger partial charge in [0, 0.05) is 12.2 Å². The molecule has 0 bridgehead atoms. The van der Waals surface area contributed by atoms with Gasteiger partial charge in [-0.25, -0.2) is 9.78 Å². The molecule has 1 aromatic heterocycles. The number of amides is 1. The van der Waals surface area contributed by atoms with E-state index in [1.807, 2.05) is 0 Å². The third-order valence-corrected chi connectivity index (χ3v) is 2.81. The summed E-state index contributed by atoms with van der Waals surface area (Å²) < 4.78 is 0. The van der Waals surface area contributed by atoms with Gasteiger partial charge in [0.1, 0.15) is 11.9 Å². The number of rotatable bonds is 3. The summed E-state index contributed by atoms with van der Waals surface area (Å²) in [5.41, 5.74) is 0.773. The Morgan fingerprint density at radius 3 is 3.00 bits per heavy atom. The van der Waals surface area contributed by atoms with Gasteiger partial charge in [-0.15, -0.1) is 0 Å². The Balaban J connectivity index is 2.17. The van der Waals surface area contributed by atoms with Crippen LogP contribution >= 0.6 is 0 Å². The lowest BCUT2D eigenvalue weighted by Gasteiger charge is -2.23. The number of nitrogens with zero attached hydrogens (tertiary/aromatic N) is 1. The number of carboxylic acids is 1. The van der Waals surface area contributed by atoms with E-state index in [9.17, 15) is 9.59 Å². The monoisotopic (exact) mass is 249 g/mol. The SMILES string of the molecule is Cc1cc(C(=O)O)cc(NC2CCCNC2=O)n1. The van der Waals surface area contributed by atoms with E-state index in [1.165, 1.54) is 12.1 Å². The van der Waals surface area contributed by atoms with E-state index < -0.39 is 5.97 Å². The van der Waals surface area contributed by atoms with Crippen molar-refractivity contribution < 1.29 is 14.7 Å². The number of anilines is 1. The van der Waals surface area contributed by atoms with Gasteiger partial charge in [-0.2, -0.15) is 0 Å². The highest BCUT2D eigenvalue weighted by Gasteiger charge is 2.22. The van der Waals surface area contributed by atoms with Gasteiger partial charge in [-0.3, -0.25) is 4.79 Å². The highest BCUT2D eigenvalue weighted by molar-refractivity contribution is 5.89. The minimum atomic E-state index is -1.00. The number of carboxylic acid groups (broad SMARTS) is 1. The molecule has 1 aliphatic heterocycles. The summed E-state index contributed by atoms with van der Waals surface area (Å²) in [6, 6.07) is 2.60. The summed E-state index contributed by atoms with van der Waals surface area (Å²) in [5, 5.41) is 14.7. The number of piperidine rings is 1. The third kappa shape index (κ3) is 2.77. The molecule has 96 valence electrons. The van der Waals surface area contributed by atoms with Gasteiger partial charge in [-0.1, -0.05) is 0 Å². The first kappa shape index (κ1) is 12.3. The smallest absolute Gasteiger partial charge is 0.335 e. The number of aromatic carboxylic acids is 1. The second-order valence-electron chi connectivity index (χ2n) is 4.32. The molecule has 1 amide bonds. The molecule has 0 saturated carbocycles. The van der Waals surface area contributed by atoms with Gasteiger partial charge < -0.3 is 15.7 Å². The number of carbonyl (C=O) groups excluding carboxylic acids is 1. The van der Waals surface area contributed by atoms with Crippen LogP contribution in [0.1, 0.15) is 28.9 Å². The van der Waals surface area contributed by atoms with Crippen LogP contribution in [0.15, 0.2) is 12.1 Å². The van der Waals surface area contributed by atoms with Crippen LogP contribution in [0.2, 0.25) is 0 Å². The van der Waals surface area contributed by atoms with Crippen molar-refractivity contribution in [1.82, 2.24) is 10.3 Å². The van der Waals surface area contributed by atoms with Crippen molar-refractivity contribution in [3.05, 3.63) is 23.4 Å². The van der Waals surface area contributed by atoms with Crippen LogP contribution in [0.4, 0.5) is 5.82 Å². The zero-order valence-corrected chi connectivity index (χ0v) is 10.1. The number of aryl methyl sites for hydroxylation is 1. The van der Waals surface area contributed by atoms with E-state index in [0.29, 0.717) is 18.1 Å². The molecule has 0 aromatic carbocycles. The Labute approximate surface area is 104 Å². The molecule has 1 fully saturated rings. The summed E-state index contributed by atoms with van der Waals surface area (Å²) >= 11 is 0. The normalized spacial score (nSPS) is 19.2. The predicted molar refractivity (Wildman–Crippen MR) is 65.6 cm³/mol. The van der Waals surface area contributed by atoms with E-state index in [4.69, 9.17) is 5.11 Å². The Morgan fingerprint density at radius 2 is 2.33 bits per heavy atom. The van der Waals surface area contributed by atoms with Gasteiger partial charge in [0.2, 0.25) is 5.91 Å². The number of pyridine rings is 1. The van der Waals surface area contributed by atoms with Crippen molar-refractivity contribution in [1.29, 1.82) is 0 Å². The second-order valence-corrected chi connectivity index (χ2v) is 4.32. The van der Waals surface area contributed by atoms with E-state index in [-0.39, 0.29) is 17.5 Å². The fraction of sp³-hybridized carbons (Fsp3) is 0.417. The average molecular weight is 249 g/mol. The van der Waals surface area contributed by atoms with Crippen molar-refractivity contribution in [2.75, 3.05) is 11.9 Å². The maximum atomic E-state index is 11.6. The molecule has 1 saturated heterocycles. The number of hydrogen-bond donors (Lipinski definition) is 3. The Kier molecular flexibility index (Phi) is 3.45. The molecule has 0 radical (unpaired) electrons. The molecule has 6 heteroatoms. The van der Waals surface area contributed by atoms with Gasteiger partial charge in [0.15, 0.2) is 0 Å². The quantitative estimate of drug-likeness (QED) is 0.736. The fourth-order valence-corrected chi connectivity index (χ4v) is 1.95. The van der Waals surface area contributed by atoms with Crippen molar-refractivity contribution >= 4 is 17.7 Å². The maximum Gasteiger partial charge on any atom is 0.335 e. The predicted octanol–water partition coefficient (Wildman–Crippen LogP) is 0.779. The van der Waals surface area contributed by atoms with Crippen LogP contribution < -0.4 is 10.6 Å². The first-order valence-corrected chi connectivity index (χ1v) is 5.82. The third-order valence-electron chi connectivity index (χ3n) is 2.81. The standard InChI is InChI=1S/C12H15N3O3/c1-7-5-8(12(17)18)6-10(14-7)15-9-3-2-4-13-11(9)16/h5-6,9H,2-4H2,1H3,(H,13,16)(H,14,15)(H,17,18). The van der Waals surface area contributed by atoms with Crippen molar-refractivity contribution in [2.24, 2.45) is 0 Å². The Bertz CT molecular complexity index is 487. The summed E-state index contributed by atoms with van der Waals surface area (Å²) in [6.07, 6.45) is 1.63. The average Bonchev–Trinajstić information content (AvgIpc) is 2.31. The summed E-state index contributed by atoms with van der Waals surface area (Å²) in [4.78, 5) is 26.7. The fourth-order valence-electron chi connectivity index (χ4n) is 1.95. The van der Waals surface area contributed by atoms with Crippen LogP contribution in [0, 0.1) is 6.92 Å². The van der Waals surface area contributed by atoms with Crippen molar-refractivity contribution in [2.45, 2.75) is 25.8 Å². The van der Waals surface area contributed by atoms with E-state index in [2.05, 4.69) is 15.6 Å². The minimum Gasteiger partial charge on any atom is -0.478 e. The number of carbonyl (C=O) groups is 2. The molecule has 3 N–H and O–H groups in total. The van der Waals surface area contributed by atoms with Gasteiger partial charge in [0.25, 0.3) is 0 Å². The Hall–Kier alpha value is -2.11. The minimum absolute atomic E-state index is 0.0681. The van der Waals surface area contributed by atoms with Gasteiger partial charge >= 0.3 is 5.97 Å². The molecule has 6 nitrogen and oxygen atoms in total. The molecule has 18 heavy (non-hydrogen) atoms. The lowest BCUT2D eigenvalue weighted by atomic mass is 10.1. The molecule has 2 heterocycles. The molecular weight excluding hydrogens is 234 g/mol. The highest BCUT2D eigenvalue weighted by Crippen LogP contribution is 2.14. The van der Waals surface area contributed by atoms with Gasteiger partial charge in [0.05, 0.1) is 5.56 Å². The van der Waals surface area contributed by atoms with Crippen molar-refractivity contribution in [3.63, 3.8) is 0 Å². The first-order chi connectivity index (χ1) is 8.56. The first-order valence-electron chi connectivity index (χ1n) is 5.82. The molecule has 1 unspecified atom stereocenters. The maximum absolute atomic E-state index is 11.6. The number of aromatic nitrogens is 1. The second kappa shape index (κ2) is 5.03. The summed E-state index contributed by atoms with van der Waals surface area (Å²) in [5.74, 6) is -0.646.